The van der Waals surface area contributed by atoms with Gasteiger partial charge in [-0.2, -0.15) is 0 Å². The van der Waals surface area contributed by atoms with Crippen molar-refractivity contribution >= 4 is 28.5 Å². The van der Waals surface area contributed by atoms with Crippen LogP contribution < -0.4 is 10.1 Å². The number of amides is 1. The van der Waals surface area contributed by atoms with E-state index in [1.807, 2.05) is 24.3 Å². The smallest absolute Gasteiger partial charge is 0.258 e. The number of aromatic amines is 1. The van der Waals surface area contributed by atoms with E-state index in [0.29, 0.717) is 23.1 Å². The minimum absolute atomic E-state index is 0.0933. The van der Waals surface area contributed by atoms with Crippen molar-refractivity contribution in [3.8, 4) is 5.75 Å². The number of para-hydroxylation sites is 3. The van der Waals surface area contributed by atoms with E-state index >= 15 is 0 Å². The number of aromatic nitrogens is 2. The summed E-state index contributed by atoms with van der Waals surface area (Å²) in [4.78, 5) is 19.3. The normalized spacial score (nSPS) is 10.6. The van der Waals surface area contributed by atoms with Gasteiger partial charge < -0.3 is 15.0 Å². The number of nitrogens with zero attached hydrogens (tertiary/aromatic N) is 1. The van der Waals surface area contributed by atoms with Crippen LogP contribution in [0.5, 0.6) is 5.75 Å². The van der Waals surface area contributed by atoms with Crippen LogP contribution in [-0.2, 0) is 11.3 Å². The van der Waals surface area contributed by atoms with Gasteiger partial charge in [-0.1, -0.05) is 35.9 Å². The maximum atomic E-state index is 11.8. The zero-order chi connectivity index (χ0) is 15.4. The summed E-state index contributed by atoms with van der Waals surface area (Å²) >= 11 is 5.95. The first kappa shape index (κ1) is 14.4. The molecule has 0 saturated heterocycles. The number of carbonyl (C=O) groups is 1. The predicted molar refractivity (Wildman–Crippen MR) is 84.9 cm³/mol. The molecule has 2 aromatic carbocycles. The van der Waals surface area contributed by atoms with Crippen molar-refractivity contribution in [2.75, 3.05) is 6.61 Å². The lowest BCUT2D eigenvalue weighted by Gasteiger charge is -2.07. The highest BCUT2D eigenvalue weighted by molar-refractivity contribution is 6.32. The van der Waals surface area contributed by atoms with Crippen LogP contribution in [0.2, 0.25) is 5.02 Å². The molecule has 0 fully saturated rings. The van der Waals surface area contributed by atoms with E-state index in [0.717, 1.165) is 11.0 Å². The van der Waals surface area contributed by atoms with E-state index in [-0.39, 0.29) is 12.5 Å². The lowest BCUT2D eigenvalue weighted by atomic mass is 10.3. The molecule has 0 unspecified atom stereocenters. The average molecular weight is 316 g/mol. The van der Waals surface area contributed by atoms with Gasteiger partial charge >= 0.3 is 0 Å². The molecule has 22 heavy (non-hydrogen) atoms. The number of fused-ring (bicyclic) bond motifs is 1. The second kappa shape index (κ2) is 6.49. The standard InChI is InChI=1S/C16H14ClN3O2/c17-11-5-1-4-8-14(11)22-10-16(21)18-9-15-19-12-6-2-3-7-13(12)20-15/h1-8H,9-10H2,(H,18,21)(H,19,20). The first-order chi connectivity index (χ1) is 10.7. The molecular weight excluding hydrogens is 302 g/mol. The molecule has 6 heteroatoms. The van der Waals surface area contributed by atoms with E-state index in [1.165, 1.54) is 0 Å². The predicted octanol–water partition coefficient (Wildman–Crippen LogP) is 2.91. The molecular formula is C16H14ClN3O2. The van der Waals surface area contributed by atoms with Gasteiger partial charge in [0.15, 0.2) is 6.61 Å². The molecule has 1 aromatic heterocycles. The van der Waals surface area contributed by atoms with Crippen molar-refractivity contribution < 1.29 is 9.53 Å². The van der Waals surface area contributed by atoms with Gasteiger partial charge in [0.2, 0.25) is 0 Å². The SMILES string of the molecule is O=C(COc1ccccc1Cl)NCc1nc2ccccc2[nH]1. The third kappa shape index (κ3) is 3.38. The number of ether oxygens (including phenoxy) is 1. The van der Waals surface area contributed by atoms with Crippen LogP contribution in [-0.4, -0.2) is 22.5 Å². The fourth-order valence-corrected chi connectivity index (χ4v) is 2.22. The second-order valence-corrected chi connectivity index (χ2v) is 5.10. The maximum absolute atomic E-state index is 11.8. The van der Waals surface area contributed by atoms with Crippen molar-refractivity contribution in [2.24, 2.45) is 0 Å². The number of nitrogens with one attached hydrogen (secondary N) is 2. The van der Waals surface area contributed by atoms with E-state index in [4.69, 9.17) is 16.3 Å². The third-order valence-corrected chi connectivity index (χ3v) is 3.40. The van der Waals surface area contributed by atoms with Crippen LogP contribution in [0.4, 0.5) is 0 Å². The van der Waals surface area contributed by atoms with Gasteiger partial charge in [-0.3, -0.25) is 4.79 Å². The van der Waals surface area contributed by atoms with Crippen LogP contribution in [0, 0.1) is 0 Å². The minimum atomic E-state index is -0.236. The van der Waals surface area contributed by atoms with Crippen molar-refractivity contribution in [2.45, 2.75) is 6.54 Å². The molecule has 0 spiro atoms. The van der Waals surface area contributed by atoms with Crippen molar-refractivity contribution in [1.82, 2.24) is 15.3 Å². The maximum Gasteiger partial charge on any atom is 0.258 e. The first-order valence-corrected chi connectivity index (χ1v) is 7.18. The van der Waals surface area contributed by atoms with E-state index < -0.39 is 0 Å². The molecule has 0 aliphatic carbocycles. The van der Waals surface area contributed by atoms with Gasteiger partial charge in [0.25, 0.3) is 5.91 Å². The van der Waals surface area contributed by atoms with Crippen molar-refractivity contribution in [1.29, 1.82) is 0 Å². The zero-order valence-electron chi connectivity index (χ0n) is 11.7. The molecule has 0 aliphatic heterocycles. The van der Waals surface area contributed by atoms with Crippen molar-refractivity contribution in [3.05, 3.63) is 59.4 Å². The van der Waals surface area contributed by atoms with Gasteiger partial charge in [-0.05, 0) is 24.3 Å². The van der Waals surface area contributed by atoms with Crippen LogP contribution in [0.15, 0.2) is 48.5 Å². The molecule has 5 nitrogen and oxygen atoms in total. The molecule has 112 valence electrons. The summed E-state index contributed by atoms with van der Waals surface area (Å²) < 4.78 is 5.37. The van der Waals surface area contributed by atoms with Gasteiger partial charge in [-0.25, -0.2) is 4.98 Å². The fraction of sp³-hybridized carbons (Fsp3) is 0.125. The highest BCUT2D eigenvalue weighted by Gasteiger charge is 2.07. The molecule has 0 saturated carbocycles. The first-order valence-electron chi connectivity index (χ1n) is 6.80. The molecule has 3 aromatic rings. The van der Waals surface area contributed by atoms with Crippen LogP contribution >= 0.6 is 11.6 Å². The fourth-order valence-electron chi connectivity index (χ4n) is 2.03. The summed E-state index contributed by atoms with van der Waals surface area (Å²) in [5.41, 5.74) is 1.82. The molecule has 1 amide bonds. The monoisotopic (exact) mass is 315 g/mol. The Balaban J connectivity index is 1.53. The number of hydrogen-bond donors (Lipinski definition) is 2. The van der Waals surface area contributed by atoms with Gasteiger partial charge in [0.05, 0.1) is 22.6 Å². The van der Waals surface area contributed by atoms with Crippen LogP contribution in [0.25, 0.3) is 11.0 Å². The highest BCUT2D eigenvalue weighted by Crippen LogP contribution is 2.22. The summed E-state index contributed by atoms with van der Waals surface area (Å²) in [6.45, 7) is 0.226. The van der Waals surface area contributed by atoms with Crippen LogP contribution in [0.3, 0.4) is 0 Å². The Bertz CT molecular complexity index is 768. The number of imidazole rings is 1. The molecule has 3 rings (SSSR count). The summed E-state index contributed by atoms with van der Waals surface area (Å²) in [7, 11) is 0. The van der Waals surface area contributed by atoms with E-state index in [2.05, 4.69) is 15.3 Å². The third-order valence-electron chi connectivity index (χ3n) is 3.09. The minimum Gasteiger partial charge on any atom is -0.482 e. The largest absolute Gasteiger partial charge is 0.482 e. The van der Waals surface area contributed by atoms with Crippen molar-refractivity contribution in [3.63, 3.8) is 0 Å². The zero-order valence-corrected chi connectivity index (χ0v) is 12.4. The number of halogens is 1. The van der Waals surface area contributed by atoms with Gasteiger partial charge in [-0.15, -0.1) is 0 Å². The lowest BCUT2D eigenvalue weighted by molar-refractivity contribution is -0.123. The Morgan fingerprint density at radius 3 is 2.77 bits per heavy atom. The molecule has 0 bridgehead atoms. The van der Waals surface area contributed by atoms with Gasteiger partial charge in [0, 0.05) is 0 Å². The Morgan fingerprint density at radius 1 is 1.18 bits per heavy atom. The Labute approximate surface area is 132 Å². The Morgan fingerprint density at radius 2 is 1.95 bits per heavy atom. The number of benzene rings is 2. The molecule has 2 N–H and O–H groups in total. The van der Waals surface area contributed by atoms with E-state index in [9.17, 15) is 4.79 Å². The molecule has 0 atom stereocenters. The topological polar surface area (TPSA) is 67.0 Å². The number of H-pyrrole nitrogens is 1. The lowest BCUT2D eigenvalue weighted by Crippen LogP contribution is -2.28. The second-order valence-electron chi connectivity index (χ2n) is 4.70. The molecule has 1 heterocycles. The Kier molecular flexibility index (Phi) is 4.25. The van der Waals surface area contributed by atoms with Gasteiger partial charge in [0.1, 0.15) is 11.6 Å². The summed E-state index contributed by atoms with van der Waals surface area (Å²) in [6, 6.07) is 14.7. The summed E-state index contributed by atoms with van der Waals surface area (Å²) in [6.07, 6.45) is 0. The highest BCUT2D eigenvalue weighted by atomic mass is 35.5. The Hall–Kier alpha value is -2.53. The quantitative estimate of drug-likeness (QED) is 0.760. The number of carbonyl (C=O) groups excluding carboxylic acids is 1. The number of rotatable bonds is 5. The van der Waals surface area contributed by atoms with E-state index in [1.54, 1.807) is 24.3 Å². The molecule has 0 aliphatic rings. The van der Waals surface area contributed by atoms with Crippen LogP contribution in [0.1, 0.15) is 5.82 Å². The summed E-state index contributed by atoms with van der Waals surface area (Å²) in [5.74, 6) is 0.954. The molecule has 0 radical (unpaired) electrons. The summed E-state index contributed by atoms with van der Waals surface area (Å²) in [5, 5.41) is 3.23. The average Bonchev–Trinajstić information content (AvgIpc) is 2.95. The number of hydrogen-bond acceptors (Lipinski definition) is 3.